The van der Waals surface area contributed by atoms with Crippen molar-refractivity contribution in [3.05, 3.63) is 71.1 Å². The number of carbonyl (C=O) groups excluding carboxylic acids is 1. The standard InChI is InChI=1S/C21H21ClN4O2/c22-16-6-3-7-17(13-16)26-12-10-19(25-26)20(27)24-14-15-5-4-11-23-21(15)28-18-8-1-2-9-18/h3-7,10-13,18H,1-2,8-9,14H2,(H,24,27). The second-order valence-electron chi connectivity index (χ2n) is 6.80. The van der Waals surface area contributed by atoms with Crippen LogP contribution < -0.4 is 10.1 Å². The number of aromatic nitrogens is 3. The van der Waals surface area contributed by atoms with Gasteiger partial charge in [-0.15, -0.1) is 0 Å². The van der Waals surface area contributed by atoms with E-state index in [9.17, 15) is 4.79 Å². The minimum atomic E-state index is -0.253. The van der Waals surface area contributed by atoms with Crippen LogP contribution in [0.3, 0.4) is 0 Å². The third-order valence-corrected chi connectivity index (χ3v) is 5.00. The lowest BCUT2D eigenvalue weighted by Crippen LogP contribution is -2.24. The maximum atomic E-state index is 12.5. The van der Waals surface area contributed by atoms with Crippen molar-refractivity contribution in [2.75, 3.05) is 0 Å². The number of halogens is 1. The summed E-state index contributed by atoms with van der Waals surface area (Å²) in [6.07, 6.45) is 8.17. The molecule has 28 heavy (non-hydrogen) atoms. The molecule has 0 bridgehead atoms. The fourth-order valence-corrected chi connectivity index (χ4v) is 3.49. The van der Waals surface area contributed by atoms with Crippen molar-refractivity contribution < 1.29 is 9.53 Å². The van der Waals surface area contributed by atoms with Crippen molar-refractivity contribution in [1.29, 1.82) is 0 Å². The van der Waals surface area contributed by atoms with Gasteiger partial charge >= 0.3 is 0 Å². The Labute approximate surface area is 168 Å². The average molecular weight is 397 g/mol. The fourth-order valence-electron chi connectivity index (χ4n) is 3.30. The summed E-state index contributed by atoms with van der Waals surface area (Å²) in [6, 6.07) is 12.7. The number of carbonyl (C=O) groups is 1. The lowest BCUT2D eigenvalue weighted by Gasteiger charge is -2.15. The van der Waals surface area contributed by atoms with Gasteiger partial charge in [-0.1, -0.05) is 23.7 Å². The molecular weight excluding hydrogens is 376 g/mol. The molecule has 1 aromatic carbocycles. The number of nitrogens with zero attached hydrogens (tertiary/aromatic N) is 3. The minimum Gasteiger partial charge on any atom is -0.474 e. The SMILES string of the molecule is O=C(NCc1cccnc1OC1CCCC1)c1ccn(-c2cccc(Cl)c2)n1. The highest BCUT2D eigenvalue weighted by Gasteiger charge is 2.19. The first-order chi connectivity index (χ1) is 13.7. The van der Waals surface area contributed by atoms with E-state index in [4.69, 9.17) is 16.3 Å². The Kier molecular flexibility index (Phi) is 5.58. The first-order valence-corrected chi connectivity index (χ1v) is 9.77. The molecule has 0 aliphatic heterocycles. The molecule has 7 heteroatoms. The van der Waals surface area contributed by atoms with Gasteiger partial charge in [0.05, 0.1) is 5.69 Å². The molecule has 1 aliphatic rings. The molecule has 0 radical (unpaired) electrons. The van der Waals surface area contributed by atoms with Gasteiger partial charge in [-0.05, 0) is 56.0 Å². The molecule has 1 N–H and O–H groups in total. The van der Waals surface area contributed by atoms with Crippen LogP contribution in [-0.4, -0.2) is 26.8 Å². The van der Waals surface area contributed by atoms with Crippen molar-refractivity contribution in [3.63, 3.8) is 0 Å². The number of hydrogen-bond acceptors (Lipinski definition) is 4. The van der Waals surface area contributed by atoms with Crippen molar-refractivity contribution in [1.82, 2.24) is 20.1 Å². The number of nitrogens with one attached hydrogen (secondary N) is 1. The topological polar surface area (TPSA) is 69.0 Å². The van der Waals surface area contributed by atoms with Crippen LogP contribution in [0.5, 0.6) is 5.88 Å². The maximum absolute atomic E-state index is 12.5. The van der Waals surface area contributed by atoms with Crippen LogP contribution in [0.2, 0.25) is 5.02 Å². The Bertz CT molecular complexity index is 966. The molecular formula is C21H21ClN4O2. The van der Waals surface area contributed by atoms with E-state index < -0.39 is 0 Å². The normalized spacial score (nSPS) is 14.2. The molecule has 1 fully saturated rings. The largest absolute Gasteiger partial charge is 0.474 e. The zero-order chi connectivity index (χ0) is 19.3. The van der Waals surface area contributed by atoms with Crippen LogP contribution in [0.15, 0.2) is 54.9 Å². The molecule has 3 aromatic rings. The second kappa shape index (κ2) is 8.44. The highest BCUT2D eigenvalue weighted by Crippen LogP contribution is 2.25. The first kappa shape index (κ1) is 18.5. The van der Waals surface area contributed by atoms with Crippen LogP contribution in [0, 0.1) is 0 Å². The number of pyridine rings is 1. The van der Waals surface area contributed by atoms with E-state index >= 15 is 0 Å². The molecule has 1 saturated carbocycles. The van der Waals surface area contributed by atoms with Crippen molar-refractivity contribution in [2.24, 2.45) is 0 Å². The number of hydrogen-bond donors (Lipinski definition) is 1. The molecule has 144 valence electrons. The zero-order valence-electron chi connectivity index (χ0n) is 15.3. The lowest BCUT2D eigenvalue weighted by atomic mass is 10.2. The van der Waals surface area contributed by atoms with Crippen molar-refractivity contribution in [3.8, 4) is 11.6 Å². The summed E-state index contributed by atoms with van der Waals surface area (Å²) in [5.41, 5.74) is 1.99. The molecule has 0 spiro atoms. The smallest absolute Gasteiger partial charge is 0.272 e. The van der Waals surface area contributed by atoms with Crippen molar-refractivity contribution in [2.45, 2.75) is 38.3 Å². The van der Waals surface area contributed by atoms with Crippen LogP contribution in [0.1, 0.15) is 41.7 Å². The van der Waals surface area contributed by atoms with Gasteiger partial charge in [0.25, 0.3) is 5.91 Å². The van der Waals surface area contributed by atoms with Crippen LogP contribution in [-0.2, 0) is 6.54 Å². The molecule has 1 amide bonds. The van der Waals surface area contributed by atoms with E-state index in [1.807, 2.05) is 24.3 Å². The summed E-state index contributed by atoms with van der Waals surface area (Å²) in [6.45, 7) is 0.332. The van der Waals surface area contributed by atoms with E-state index in [0.29, 0.717) is 23.1 Å². The Morgan fingerprint density at radius 1 is 1.21 bits per heavy atom. The van der Waals surface area contributed by atoms with E-state index in [1.165, 1.54) is 12.8 Å². The summed E-state index contributed by atoms with van der Waals surface area (Å²) >= 11 is 6.02. The van der Waals surface area contributed by atoms with E-state index in [-0.39, 0.29) is 12.0 Å². The minimum absolute atomic E-state index is 0.220. The Balaban J connectivity index is 1.41. The summed E-state index contributed by atoms with van der Waals surface area (Å²) in [5.74, 6) is 0.343. The third-order valence-electron chi connectivity index (χ3n) is 4.76. The van der Waals surface area contributed by atoms with Gasteiger partial charge in [0.2, 0.25) is 5.88 Å². The van der Waals surface area contributed by atoms with Gasteiger partial charge in [0.15, 0.2) is 5.69 Å². The van der Waals surface area contributed by atoms with Crippen molar-refractivity contribution >= 4 is 17.5 Å². The van der Waals surface area contributed by atoms with Crippen LogP contribution in [0.4, 0.5) is 0 Å². The van der Waals surface area contributed by atoms with Crippen LogP contribution in [0.25, 0.3) is 5.69 Å². The molecule has 2 aromatic heterocycles. The van der Waals surface area contributed by atoms with Crippen LogP contribution >= 0.6 is 11.6 Å². The Morgan fingerprint density at radius 3 is 2.89 bits per heavy atom. The van der Waals surface area contributed by atoms with E-state index in [0.717, 1.165) is 24.1 Å². The molecule has 0 unspecified atom stereocenters. The third kappa shape index (κ3) is 4.34. The average Bonchev–Trinajstić information content (AvgIpc) is 3.39. The quantitative estimate of drug-likeness (QED) is 0.678. The summed E-state index contributed by atoms with van der Waals surface area (Å²) in [5, 5.41) is 7.85. The molecule has 0 atom stereocenters. The molecule has 2 heterocycles. The molecule has 6 nitrogen and oxygen atoms in total. The Hall–Kier alpha value is -2.86. The second-order valence-corrected chi connectivity index (χ2v) is 7.24. The number of ether oxygens (including phenoxy) is 1. The predicted octanol–water partition coefficient (Wildman–Crippen LogP) is 4.17. The van der Waals surface area contributed by atoms with Gasteiger partial charge in [0, 0.05) is 29.5 Å². The zero-order valence-corrected chi connectivity index (χ0v) is 16.1. The summed E-state index contributed by atoms with van der Waals surface area (Å²) in [4.78, 5) is 16.9. The van der Waals surface area contributed by atoms with Gasteiger partial charge in [-0.3, -0.25) is 4.79 Å². The molecule has 1 aliphatic carbocycles. The van der Waals surface area contributed by atoms with E-state index in [2.05, 4.69) is 15.4 Å². The molecule has 4 rings (SSSR count). The summed E-state index contributed by atoms with van der Waals surface area (Å²) in [7, 11) is 0. The fraction of sp³-hybridized carbons (Fsp3) is 0.286. The van der Waals surface area contributed by atoms with E-state index in [1.54, 1.807) is 35.3 Å². The predicted molar refractivity (Wildman–Crippen MR) is 107 cm³/mol. The maximum Gasteiger partial charge on any atom is 0.272 e. The lowest BCUT2D eigenvalue weighted by molar-refractivity contribution is 0.0945. The first-order valence-electron chi connectivity index (χ1n) is 9.39. The number of benzene rings is 1. The Morgan fingerprint density at radius 2 is 2.07 bits per heavy atom. The van der Waals surface area contributed by atoms with Gasteiger partial charge < -0.3 is 10.1 Å². The number of rotatable bonds is 6. The highest BCUT2D eigenvalue weighted by molar-refractivity contribution is 6.30. The van der Waals surface area contributed by atoms with Gasteiger partial charge in [0.1, 0.15) is 6.10 Å². The monoisotopic (exact) mass is 396 g/mol. The van der Waals surface area contributed by atoms with Gasteiger partial charge in [-0.2, -0.15) is 5.10 Å². The van der Waals surface area contributed by atoms with Gasteiger partial charge in [-0.25, -0.2) is 9.67 Å². The molecule has 0 saturated heterocycles. The highest BCUT2D eigenvalue weighted by atomic mass is 35.5. The number of amides is 1. The summed E-state index contributed by atoms with van der Waals surface area (Å²) < 4.78 is 7.65.